The molecule has 0 bridgehead atoms. The number of rotatable bonds is 4. The number of anilines is 1. The molecule has 2 heterocycles. The van der Waals surface area contributed by atoms with Crippen LogP contribution in [-0.4, -0.2) is 36.1 Å². The van der Waals surface area contributed by atoms with Crippen molar-refractivity contribution in [2.24, 2.45) is 5.92 Å². The largest absolute Gasteiger partial charge is 0.341 e. The minimum absolute atomic E-state index is 0.819. The molecule has 0 atom stereocenters. The van der Waals surface area contributed by atoms with Gasteiger partial charge in [0.25, 0.3) is 0 Å². The van der Waals surface area contributed by atoms with Crippen LogP contribution in [-0.2, 0) is 0 Å². The van der Waals surface area contributed by atoms with Crippen LogP contribution in [0.1, 0.15) is 19.8 Å². The standard InChI is InChI=1S/C12H20N4/c1-2-13-10-11-4-8-16(9-5-11)12-14-6-3-7-15-12/h3,6-7,11,13H,2,4-5,8-10H2,1H3. The van der Waals surface area contributed by atoms with E-state index in [1.54, 1.807) is 0 Å². The van der Waals surface area contributed by atoms with Gasteiger partial charge >= 0.3 is 0 Å². The first-order valence-electron chi connectivity index (χ1n) is 6.13. The van der Waals surface area contributed by atoms with E-state index in [4.69, 9.17) is 0 Å². The molecule has 4 heteroatoms. The highest BCUT2D eigenvalue weighted by Gasteiger charge is 2.19. The monoisotopic (exact) mass is 220 g/mol. The van der Waals surface area contributed by atoms with Crippen LogP contribution in [0.4, 0.5) is 5.95 Å². The first-order chi connectivity index (χ1) is 7.90. The van der Waals surface area contributed by atoms with E-state index >= 15 is 0 Å². The van der Waals surface area contributed by atoms with E-state index in [-0.39, 0.29) is 0 Å². The molecule has 1 aromatic heterocycles. The average Bonchev–Trinajstić information content (AvgIpc) is 2.38. The first kappa shape index (κ1) is 11.3. The molecule has 2 rings (SSSR count). The highest BCUT2D eigenvalue weighted by Crippen LogP contribution is 2.19. The van der Waals surface area contributed by atoms with Gasteiger partial charge in [0, 0.05) is 25.5 Å². The zero-order valence-corrected chi connectivity index (χ0v) is 9.89. The van der Waals surface area contributed by atoms with E-state index in [0.29, 0.717) is 0 Å². The van der Waals surface area contributed by atoms with Gasteiger partial charge in [0.1, 0.15) is 0 Å². The zero-order chi connectivity index (χ0) is 11.2. The van der Waals surface area contributed by atoms with Crippen LogP contribution in [0.5, 0.6) is 0 Å². The molecule has 88 valence electrons. The fourth-order valence-corrected chi connectivity index (χ4v) is 2.14. The van der Waals surface area contributed by atoms with Gasteiger partial charge in [-0.2, -0.15) is 0 Å². The lowest BCUT2D eigenvalue weighted by atomic mass is 9.97. The molecule has 0 aromatic carbocycles. The Morgan fingerprint density at radius 3 is 2.62 bits per heavy atom. The summed E-state index contributed by atoms with van der Waals surface area (Å²) in [6, 6.07) is 1.86. The Morgan fingerprint density at radius 2 is 2.00 bits per heavy atom. The van der Waals surface area contributed by atoms with Gasteiger partial charge in [0.05, 0.1) is 0 Å². The van der Waals surface area contributed by atoms with Gasteiger partial charge in [-0.1, -0.05) is 6.92 Å². The Kier molecular flexibility index (Phi) is 4.10. The van der Waals surface area contributed by atoms with E-state index in [0.717, 1.165) is 38.0 Å². The number of piperidine rings is 1. The van der Waals surface area contributed by atoms with E-state index < -0.39 is 0 Å². The second-order valence-corrected chi connectivity index (χ2v) is 4.29. The quantitative estimate of drug-likeness (QED) is 0.830. The molecule has 1 aromatic rings. The number of hydrogen-bond acceptors (Lipinski definition) is 4. The minimum atomic E-state index is 0.819. The molecule has 0 saturated carbocycles. The molecule has 1 saturated heterocycles. The Hall–Kier alpha value is -1.16. The molecule has 0 amide bonds. The lowest BCUT2D eigenvalue weighted by Crippen LogP contribution is -2.38. The maximum atomic E-state index is 4.29. The van der Waals surface area contributed by atoms with Crippen molar-refractivity contribution in [1.29, 1.82) is 0 Å². The fraction of sp³-hybridized carbons (Fsp3) is 0.667. The Morgan fingerprint density at radius 1 is 1.31 bits per heavy atom. The van der Waals surface area contributed by atoms with Crippen LogP contribution < -0.4 is 10.2 Å². The second kappa shape index (κ2) is 5.80. The summed E-state index contributed by atoms with van der Waals surface area (Å²) < 4.78 is 0. The predicted molar refractivity (Wildman–Crippen MR) is 65.5 cm³/mol. The Bertz CT molecular complexity index is 293. The van der Waals surface area contributed by atoms with Gasteiger partial charge < -0.3 is 10.2 Å². The average molecular weight is 220 g/mol. The van der Waals surface area contributed by atoms with E-state index in [9.17, 15) is 0 Å². The molecule has 1 N–H and O–H groups in total. The summed E-state index contributed by atoms with van der Waals surface area (Å²) in [4.78, 5) is 10.9. The van der Waals surface area contributed by atoms with Crippen LogP contribution in [0.3, 0.4) is 0 Å². The maximum Gasteiger partial charge on any atom is 0.225 e. The Balaban J connectivity index is 1.81. The lowest BCUT2D eigenvalue weighted by Gasteiger charge is -2.31. The maximum absolute atomic E-state index is 4.29. The van der Waals surface area contributed by atoms with Crippen LogP contribution in [0.15, 0.2) is 18.5 Å². The molecular weight excluding hydrogens is 200 g/mol. The molecule has 16 heavy (non-hydrogen) atoms. The first-order valence-corrected chi connectivity index (χ1v) is 6.13. The summed E-state index contributed by atoms with van der Waals surface area (Å²) in [5.41, 5.74) is 0. The van der Waals surface area contributed by atoms with Gasteiger partial charge in [-0.05, 0) is 37.9 Å². The molecule has 0 spiro atoms. The van der Waals surface area contributed by atoms with Gasteiger partial charge in [-0.15, -0.1) is 0 Å². The van der Waals surface area contributed by atoms with Crippen LogP contribution >= 0.6 is 0 Å². The molecule has 1 fully saturated rings. The van der Waals surface area contributed by atoms with Crippen molar-refractivity contribution >= 4 is 5.95 Å². The Labute approximate surface area is 97.1 Å². The third-order valence-electron chi connectivity index (χ3n) is 3.13. The minimum Gasteiger partial charge on any atom is -0.341 e. The van der Waals surface area contributed by atoms with Crippen molar-refractivity contribution in [1.82, 2.24) is 15.3 Å². The van der Waals surface area contributed by atoms with E-state index in [2.05, 4.69) is 27.1 Å². The summed E-state index contributed by atoms with van der Waals surface area (Å²) in [5.74, 6) is 1.70. The van der Waals surface area contributed by atoms with E-state index in [1.807, 2.05) is 18.5 Å². The number of aromatic nitrogens is 2. The van der Waals surface area contributed by atoms with Crippen molar-refractivity contribution in [3.63, 3.8) is 0 Å². The smallest absolute Gasteiger partial charge is 0.225 e. The second-order valence-electron chi connectivity index (χ2n) is 4.29. The molecule has 1 aliphatic rings. The number of hydrogen-bond donors (Lipinski definition) is 1. The van der Waals surface area contributed by atoms with Gasteiger partial charge in [-0.3, -0.25) is 0 Å². The summed E-state index contributed by atoms with van der Waals surface area (Å²) in [7, 11) is 0. The molecule has 1 aliphatic heterocycles. The molecule has 0 radical (unpaired) electrons. The SMILES string of the molecule is CCNCC1CCN(c2ncccn2)CC1. The van der Waals surface area contributed by atoms with Gasteiger partial charge in [0.15, 0.2) is 0 Å². The number of nitrogens with one attached hydrogen (secondary N) is 1. The summed E-state index contributed by atoms with van der Waals surface area (Å²) in [6.07, 6.45) is 6.11. The molecular formula is C12H20N4. The topological polar surface area (TPSA) is 41.0 Å². The number of nitrogens with zero attached hydrogens (tertiary/aromatic N) is 3. The highest BCUT2D eigenvalue weighted by molar-refractivity contribution is 5.28. The summed E-state index contributed by atoms with van der Waals surface area (Å²) in [5, 5.41) is 3.42. The van der Waals surface area contributed by atoms with E-state index in [1.165, 1.54) is 12.8 Å². The fourth-order valence-electron chi connectivity index (χ4n) is 2.14. The molecule has 0 aliphatic carbocycles. The van der Waals surface area contributed by atoms with Crippen molar-refractivity contribution in [2.45, 2.75) is 19.8 Å². The summed E-state index contributed by atoms with van der Waals surface area (Å²) >= 11 is 0. The van der Waals surface area contributed by atoms with Crippen molar-refractivity contribution in [3.8, 4) is 0 Å². The van der Waals surface area contributed by atoms with Crippen LogP contribution in [0.25, 0.3) is 0 Å². The van der Waals surface area contributed by atoms with Gasteiger partial charge in [-0.25, -0.2) is 9.97 Å². The summed E-state index contributed by atoms with van der Waals surface area (Å²) in [6.45, 7) is 6.55. The zero-order valence-electron chi connectivity index (χ0n) is 9.89. The third kappa shape index (κ3) is 2.92. The lowest BCUT2D eigenvalue weighted by molar-refractivity contribution is 0.384. The van der Waals surface area contributed by atoms with Crippen LogP contribution in [0.2, 0.25) is 0 Å². The molecule has 4 nitrogen and oxygen atoms in total. The van der Waals surface area contributed by atoms with Crippen molar-refractivity contribution in [3.05, 3.63) is 18.5 Å². The third-order valence-corrected chi connectivity index (χ3v) is 3.13. The molecule has 0 unspecified atom stereocenters. The normalized spacial score (nSPS) is 17.7. The van der Waals surface area contributed by atoms with Crippen LogP contribution in [0, 0.1) is 5.92 Å². The van der Waals surface area contributed by atoms with Gasteiger partial charge in [0.2, 0.25) is 5.95 Å². The predicted octanol–water partition coefficient (Wildman–Crippen LogP) is 1.30. The van der Waals surface area contributed by atoms with Crippen molar-refractivity contribution in [2.75, 3.05) is 31.1 Å². The van der Waals surface area contributed by atoms with Crippen molar-refractivity contribution < 1.29 is 0 Å². The highest BCUT2D eigenvalue weighted by atomic mass is 15.2.